The predicted molar refractivity (Wildman–Crippen MR) is 84.8 cm³/mol. The van der Waals surface area contributed by atoms with Gasteiger partial charge in [-0.05, 0) is 31.9 Å². The van der Waals surface area contributed by atoms with Gasteiger partial charge >= 0.3 is 0 Å². The Morgan fingerprint density at radius 3 is 2.71 bits per heavy atom. The summed E-state index contributed by atoms with van der Waals surface area (Å²) in [5.41, 5.74) is 1.89. The number of carbonyl (C=O) groups excluding carboxylic acids is 1. The number of piperidine rings is 1. The van der Waals surface area contributed by atoms with Gasteiger partial charge in [-0.2, -0.15) is 0 Å². The molecule has 0 aromatic carbocycles. The second kappa shape index (κ2) is 5.89. The van der Waals surface area contributed by atoms with Crippen LogP contribution in [0, 0.1) is 6.92 Å². The molecule has 1 amide bonds. The molecule has 21 heavy (non-hydrogen) atoms. The minimum Gasteiger partial charge on any atom is -0.359 e. The van der Waals surface area contributed by atoms with Crippen LogP contribution in [0.1, 0.15) is 29.0 Å². The Labute approximate surface area is 128 Å². The molecule has 5 nitrogen and oxygen atoms in total. The van der Waals surface area contributed by atoms with Crippen molar-refractivity contribution in [2.45, 2.75) is 25.8 Å². The molecule has 1 N–H and O–H groups in total. The third kappa shape index (κ3) is 2.95. The average molecular weight is 304 g/mol. The predicted octanol–water partition coefficient (Wildman–Crippen LogP) is 2.51. The lowest BCUT2D eigenvalue weighted by Gasteiger charge is -2.32. The van der Waals surface area contributed by atoms with Gasteiger partial charge in [-0.3, -0.25) is 4.79 Å². The van der Waals surface area contributed by atoms with Crippen LogP contribution in [0.25, 0.3) is 0 Å². The Morgan fingerprint density at radius 1 is 1.38 bits per heavy atom. The highest BCUT2D eigenvalue weighted by atomic mass is 32.1. The minimum atomic E-state index is 0.137. The Kier molecular flexibility index (Phi) is 3.96. The second-order valence-corrected chi connectivity index (χ2v) is 6.36. The summed E-state index contributed by atoms with van der Waals surface area (Å²) >= 11 is 1.62. The van der Waals surface area contributed by atoms with Crippen molar-refractivity contribution in [3.63, 3.8) is 0 Å². The highest BCUT2D eigenvalue weighted by molar-refractivity contribution is 7.13. The van der Waals surface area contributed by atoms with Gasteiger partial charge in [-0.25, -0.2) is 4.98 Å². The molecule has 1 saturated heterocycles. The quantitative estimate of drug-likeness (QED) is 0.948. The smallest absolute Gasteiger partial charge is 0.270 e. The lowest BCUT2D eigenvalue weighted by molar-refractivity contribution is 0.0708. The number of likely N-dealkylation sites (tertiary alicyclic amines) is 1. The number of carbonyl (C=O) groups is 1. The molecule has 112 valence electrons. The number of rotatable bonds is 3. The summed E-state index contributed by atoms with van der Waals surface area (Å²) in [5.74, 6) is 0.137. The number of amides is 1. The summed E-state index contributed by atoms with van der Waals surface area (Å²) < 4.78 is 1.96. The summed E-state index contributed by atoms with van der Waals surface area (Å²) in [6, 6.07) is 4.32. The zero-order valence-electron chi connectivity index (χ0n) is 12.4. The minimum absolute atomic E-state index is 0.137. The van der Waals surface area contributed by atoms with Gasteiger partial charge in [0.25, 0.3) is 5.91 Å². The van der Waals surface area contributed by atoms with Gasteiger partial charge < -0.3 is 14.8 Å². The van der Waals surface area contributed by atoms with Gasteiger partial charge in [0.05, 0.1) is 0 Å². The summed E-state index contributed by atoms with van der Waals surface area (Å²) in [7, 11) is 1.94. The van der Waals surface area contributed by atoms with Crippen LogP contribution in [0.3, 0.4) is 0 Å². The van der Waals surface area contributed by atoms with Crippen molar-refractivity contribution in [1.82, 2.24) is 14.5 Å². The Hall–Kier alpha value is -1.82. The maximum absolute atomic E-state index is 12.5. The largest absolute Gasteiger partial charge is 0.359 e. The highest BCUT2D eigenvalue weighted by Crippen LogP contribution is 2.20. The highest BCUT2D eigenvalue weighted by Gasteiger charge is 2.25. The molecule has 6 heteroatoms. The molecule has 0 atom stereocenters. The van der Waals surface area contributed by atoms with Gasteiger partial charge in [-0.15, -0.1) is 11.3 Å². The van der Waals surface area contributed by atoms with Crippen LogP contribution in [-0.2, 0) is 7.05 Å². The molecule has 1 fully saturated rings. The molecule has 1 aliphatic heterocycles. The third-order valence-electron chi connectivity index (χ3n) is 4.13. The van der Waals surface area contributed by atoms with Crippen LogP contribution >= 0.6 is 11.3 Å². The van der Waals surface area contributed by atoms with E-state index >= 15 is 0 Å². The molecule has 3 heterocycles. The SMILES string of the molecule is Cc1ccc(C(=O)N2CCC(Nc3nccs3)CC2)n1C. The number of nitrogens with zero attached hydrogens (tertiary/aromatic N) is 3. The second-order valence-electron chi connectivity index (χ2n) is 5.47. The maximum atomic E-state index is 12.5. The van der Waals surface area contributed by atoms with E-state index in [2.05, 4.69) is 10.3 Å². The van der Waals surface area contributed by atoms with E-state index in [0.717, 1.165) is 42.5 Å². The Morgan fingerprint density at radius 2 is 2.14 bits per heavy atom. The van der Waals surface area contributed by atoms with Crippen molar-refractivity contribution < 1.29 is 4.79 Å². The number of thiazole rings is 1. The van der Waals surface area contributed by atoms with Gasteiger partial charge in [0.15, 0.2) is 5.13 Å². The Bertz CT molecular complexity index is 612. The number of hydrogen-bond donors (Lipinski definition) is 1. The summed E-state index contributed by atoms with van der Waals surface area (Å²) in [6.45, 7) is 3.61. The first-order chi connectivity index (χ1) is 10.1. The van der Waals surface area contributed by atoms with E-state index in [0.29, 0.717) is 6.04 Å². The van der Waals surface area contributed by atoms with Crippen LogP contribution in [-0.4, -0.2) is 39.5 Å². The van der Waals surface area contributed by atoms with Crippen LogP contribution in [0.4, 0.5) is 5.13 Å². The molecule has 2 aromatic heterocycles. The van der Waals surface area contributed by atoms with E-state index in [9.17, 15) is 4.79 Å². The van der Waals surface area contributed by atoms with E-state index < -0.39 is 0 Å². The maximum Gasteiger partial charge on any atom is 0.270 e. The van der Waals surface area contributed by atoms with E-state index in [1.807, 2.05) is 47.1 Å². The number of aromatic nitrogens is 2. The normalized spacial score (nSPS) is 16.2. The third-order valence-corrected chi connectivity index (χ3v) is 4.84. The zero-order chi connectivity index (χ0) is 14.8. The standard InChI is InChI=1S/C15H20N4OS/c1-11-3-4-13(18(11)2)14(20)19-8-5-12(6-9-19)17-15-16-7-10-21-15/h3-4,7,10,12H,5-6,8-9H2,1-2H3,(H,16,17). The molecule has 3 rings (SSSR count). The van der Waals surface area contributed by atoms with E-state index in [1.165, 1.54) is 0 Å². The van der Waals surface area contributed by atoms with Gasteiger partial charge in [-0.1, -0.05) is 0 Å². The monoisotopic (exact) mass is 304 g/mol. The fraction of sp³-hybridized carbons (Fsp3) is 0.467. The molecule has 2 aromatic rings. The molecule has 0 radical (unpaired) electrons. The first-order valence-electron chi connectivity index (χ1n) is 7.23. The topological polar surface area (TPSA) is 50.2 Å². The van der Waals surface area contributed by atoms with Gasteiger partial charge in [0, 0.05) is 43.4 Å². The number of anilines is 1. The lowest BCUT2D eigenvalue weighted by atomic mass is 10.1. The van der Waals surface area contributed by atoms with Crippen molar-refractivity contribution >= 4 is 22.4 Å². The van der Waals surface area contributed by atoms with E-state index in [4.69, 9.17) is 0 Å². The van der Waals surface area contributed by atoms with Crippen molar-refractivity contribution in [1.29, 1.82) is 0 Å². The van der Waals surface area contributed by atoms with Gasteiger partial charge in [0.1, 0.15) is 5.69 Å². The molecular formula is C15H20N4OS. The number of aryl methyl sites for hydroxylation is 1. The summed E-state index contributed by atoms with van der Waals surface area (Å²) in [6.07, 6.45) is 3.74. The van der Waals surface area contributed by atoms with Crippen molar-refractivity contribution in [2.75, 3.05) is 18.4 Å². The molecule has 0 aliphatic carbocycles. The van der Waals surface area contributed by atoms with Crippen LogP contribution in [0.5, 0.6) is 0 Å². The number of hydrogen-bond acceptors (Lipinski definition) is 4. The van der Waals surface area contributed by atoms with Crippen molar-refractivity contribution in [3.8, 4) is 0 Å². The molecule has 1 aliphatic rings. The molecule has 0 unspecified atom stereocenters. The van der Waals surface area contributed by atoms with Crippen LogP contribution < -0.4 is 5.32 Å². The van der Waals surface area contributed by atoms with Crippen molar-refractivity contribution in [3.05, 3.63) is 35.1 Å². The van der Waals surface area contributed by atoms with Crippen LogP contribution in [0.2, 0.25) is 0 Å². The van der Waals surface area contributed by atoms with Crippen molar-refractivity contribution in [2.24, 2.45) is 7.05 Å². The zero-order valence-corrected chi connectivity index (χ0v) is 13.2. The molecular weight excluding hydrogens is 284 g/mol. The lowest BCUT2D eigenvalue weighted by Crippen LogP contribution is -2.42. The molecule has 0 spiro atoms. The summed E-state index contributed by atoms with van der Waals surface area (Å²) in [5, 5.41) is 6.38. The first kappa shape index (κ1) is 14.1. The summed E-state index contributed by atoms with van der Waals surface area (Å²) in [4.78, 5) is 18.7. The first-order valence-corrected chi connectivity index (χ1v) is 8.11. The van der Waals surface area contributed by atoms with Crippen LogP contribution in [0.15, 0.2) is 23.7 Å². The molecule has 0 saturated carbocycles. The van der Waals surface area contributed by atoms with E-state index in [-0.39, 0.29) is 5.91 Å². The molecule has 0 bridgehead atoms. The Balaban J connectivity index is 1.58. The van der Waals surface area contributed by atoms with Gasteiger partial charge in [0.2, 0.25) is 0 Å². The fourth-order valence-corrected chi connectivity index (χ4v) is 3.29. The van der Waals surface area contributed by atoms with E-state index in [1.54, 1.807) is 11.3 Å². The average Bonchev–Trinajstić information content (AvgIpc) is 3.11. The number of nitrogens with one attached hydrogen (secondary N) is 1. The fourth-order valence-electron chi connectivity index (χ4n) is 2.69.